The minimum absolute atomic E-state index is 0.788. The minimum atomic E-state index is 0.788. The first-order valence-electron chi connectivity index (χ1n) is 7.61. The molecule has 1 aromatic carbocycles. The van der Waals surface area contributed by atoms with Crippen molar-refractivity contribution in [3.05, 3.63) is 29.8 Å². The highest BCUT2D eigenvalue weighted by atomic mass is 32.2. The van der Waals surface area contributed by atoms with Gasteiger partial charge in [0.25, 0.3) is 0 Å². The zero-order valence-electron chi connectivity index (χ0n) is 12.4. The number of benzene rings is 1. The fourth-order valence-electron chi connectivity index (χ4n) is 2.27. The molecule has 0 amide bonds. The minimum Gasteiger partial charge on any atom is -0.492 e. The molecule has 1 N–H and O–H groups in total. The second kappa shape index (κ2) is 9.27. The van der Waals surface area contributed by atoms with Crippen molar-refractivity contribution in [2.75, 3.05) is 44.3 Å². The highest BCUT2D eigenvalue weighted by molar-refractivity contribution is 7.99. The molecule has 2 rings (SSSR count). The van der Waals surface area contributed by atoms with Crippen LogP contribution in [-0.4, -0.2) is 49.2 Å². The lowest BCUT2D eigenvalue weighted by atomic mass is 10.2. The van der Waals surface area contributed by atoms with Gasteiger partial charge in [-0.05, 0) is 30.7 Å². The predicted octanol–water partition coefficient (Wildman–Crippen LogP) is 2.61. The highest BCUT2D eigenvalue weighted by Gasteiger charge is 2.09. The largest absolute Gasteiger partial charge is 0.492 e. The van der Waals surface area contributed by atoms with Gasteiger partial charge >= 0.3 is 0 Å². The molecule has 20 heavy (non-hydrogen) atoms. The maximum Gasteiger partial charge on any atom is 0.119 e. The number of nitrogens with one attached hydrogen (secondary N) is 1. The summed E-state index contributed by atoms with van der Waals surface area (Å²) < 4.78 is 5.88. The average Bonchev–Trinajstić information content (AvgIpc) is 2.49. The van der Waals surface area contributed by atoms with Crippen LogP contribution in [-0.2, 0) is 6.54 Å². The van der Waals surface area contributed by atoms with Crippen molar-refractivity contribution in [1.29, 1.82) is 0 Å². The maximum atomic E-state index is 5.88. The van der Waals surface area contributed by atoms with Crippen molar-refractivity contribution < 1.29 is 4.74 Å². The normalized spacial score (nSPS) is 16.2. The van der Waals surface area contributed by atoms with Gasteiger partial charge in [0.2, 0.25) is 0 Å². The molecule has 1 saturated heterocycles. The van der Waals surface area contributed by atoms with Crippen molar-refractivity contribution >= 4 is 11.8 Å². The predicted molar refractivity (Wildman–Crippen MR) is 87.7 cm³/mol. The average molecular weight is 294 g/mol. The molecule has 0 aromatic heterocycles. The molecule has 0 radical (unpaired) electrons. The van der Waals surface area contributed by atoms with Gasteiger partial charge in [0, 0.05) is 37.7 Å². The van der Waals surface area contributed by atoms with Crippen molar-refractivity contribution in [2.24, 2.45) is 0 Å². The third-order valence-corrected chi connectivity index (χ3v) is 4.38. The Morgan fingerprint density at radius 3 is 2.95 bits per heavy atom. The fourth-order valence-corrected chi connectivity index (χ4v) is 3.25. The highest BCUT2D eigenvalue weighted by Crippen LogP contribution is 2.14. The molecule has 0 spiro atoms. The molecule has 1 aromatic rings. The van der Waals surface area contributed by atoms with Gasteiger partial charge in [0.15, 0.2) is 0 Å². The third-order valence-electron chi connectivity index (χ3n) is 3.43. The summed E-state index contributed by atoms with van der Waals surface area (Å²) in [5, 5.41) is 3.42. The Bertz CT molecular complexity index is 380. The molecular formula is C16H26N2OS. The Labute approximate surface area is 127 Å². The van der Waals surface area contributed by atoms with Gasteiger partial charge in [0.05, 0.1) is 0 Å². The van der Waals surface area contributed by atoms with E-state index >= 15 is 0 Å². The first-order chi connectivity index (χ1) is 9.88. The molecule has 112 valence electrons. The van der Waals surface area contributed by atoms with E-state index in [1.807, 2.05) is 0 Å². The van der Waals surface area contributed by atoms with Crippen LogP contribution in [0.2, 0.25) is 0 Å². The molecule has 3 nitrogen and oxygen atoms in total. The van der Waals surface area contributed by atoms with Gasteiger partial charge < -0.3 is 10.1 Å². The van der Waals surface area contributed by atoms with E-state index < -0.39 is 0 Å². The number of rotatable bonds is 8. The van der Waals surface area contributed by atoms with Gasteiger partial charge in [-0.2, -0.15) is 11.8 Å². The summed E-state index contributed by atoms with van der Waals surface area (Å²) in [4.78, 5) is 2.49. The molecule has 1 aliphatic rings. The van der Waals surface area contributed by atoms with E-state index in [0.717, 1.165) is 32.0 Å². The van der Waals surface area contributed by atoms with Gasteiger partial charge in [-0.1, -0.05) is 19.1 Å². The Kier molecular flexibility index (Phi) is 7.26. The van der Waals surface area contributed by atoms with E-state index in [1.54, 1.807) is 0 Å². The van der Waals surface area contributed by atoms with Crippen LogP contribution < -0.4 is 10.1 Å². The third kappa shape index (κ3) is 5.73. The SMILES string of the molecule is CCCNCc1cccc(OCCN2CCSCC2)c1. The Morgan fingerprint density at radius 2 is 2.15 bits per heavy atom. The van der Waals surface area contributed by atoms with Crippen molar-refractivity contribution in [3.63, 3.8) is 0 Å². The van der Waals surface area contributed by atoms with Gasteiger partial charge in [-0.3, -0.25) is 4.90 Å². The monoisotopic (exact) mass is 294 g/mol. The topological polar surface area (TPSA) is 24.5 Å². The van der Waals surface area contributed by atoms with Crippen LogP contribution in [0.25, 0.3) is 0 Å². The van der Waals surface area contributed by atoms with E-state index in [1.165, 1.54) is 36.6 Å². The molecule has 0 saturated carbocycles. The lowest BCUT2D eigenvalue weighted by Crippen LogP contribution is -2.35. The number of nitrogens with zero attached hydrogens (tertiary/aromatic N) is 1. The van der Waals surface area contributed by atoms with Gasteiger partial charge in [-0.25, -0.2) is 0 Å². The molecular weight excluding hydrogens is 268 g/mol. The maximum absolute atomic E-state index is 5.88. The molecule has 0 bridgehead atoms. The van der Waals surface area contributed by atoms with Crippen LogP contribution in [0.4, 0.5) is 0 Å². The Hall–Kier alpha value is -0.710. The van der Waals surface area contributed by atoms with Crippen LogP contribution in [0.1, 0.15) is 18.9 Å². The second-order valence-corrected chi connectivity index (χ2v) is 6.35. The van der Waals surface area contributed by atoms with E-state index in [4.69, 9.17) is 4.74 Å². The molecule has 0 unspecified atom stereocenters. The zero-order valence-corrected chi connectivity index (χ0v) is 13.3. The van der Waals surface area contributed by atoms with Gasteiger partial charge in [0.1, 0.15) is 12.4 Å². The van der Waals surface area contributed by atoms with Crippen molar-refractivity contribution in [2.45, 2.75) is 19.9 Å². The summed E-state index contributed by atoms with van der Waals surface area (Å²) in [6, 6.07) is 8.43. The lowest BCUT2D eigenvalue weighted by molar-refractivity contribution is 0.222. The first kappa shape index (κ1) is 15.7. The van der Waals surface area contributed by atoms with Crippen molar-refractivity contribution in [3.8, 4) is 5.75 Å². The lowest BCUT2D eigenvalue weighted by Gasteiger charge is -2.25. The van der Waals surface area contributed by atoms with Crippen LogP contribution in [0.15, 0.2) is 24.3 Å². The standard InChI is InChI=1S/C16H26N2OS/c1-2-6-17-14-15-4-3-5-16(13-15)19-10-7-18-8-11-20-12-9-18/h3-5,13,17H,2,6-12,14H2,1H3. The second-order valence-electron chi connectivity index (χ2n) is 5.13. The molecule has 1 heterocycles. The smallest absolute Gasteiger partial charge is 0.119 e. The summed E-state index contributed by atoms with van der Waals surface area (Å²) in [5.41, 5.74) is 1.30. The quantitative estimate of drug-likeness (QED) is 0.745. The summed E-state index contributed by atoms with van der Waals surface area (Å²) >= 11 is 2.05. The van der Waals surface area contributed by atoms with Crippen LogP contribution >= 0.6 is 11.8 Å². The van der Waals surface area contributed by atoms with Crippen LogP contribution in [0, 0.1) is 0 Å². The fraction of sp³-hybridized carbons (Fsp3) is 0.625. The van der Waals surface area contributed by atoms with Crippen molar-refractivity contribution in [1.82, 2.24) is 10.2 Å². The summed E-state index contributed by atoms with van der Waals surface area (Å²) in [6.45, 7) is 8.41. The first-order valence-corrected chi connectivity index (χ1v) is 8.76. The molecule has 4 heteroatoms. The van der Waals surface area contributed by atoms with E-state index in [-0.39, 0.29) is 0 Å². The number of hydrogen-bond acceptors (Lipinski definition) is 4. The molecule has 1 aliphatic heterocycles. The number of thioether (sulfide) groups is 1. The zero-order chi connectivity index (χ0) is 14.0. The summed E-state index contributed by atoms with van der Waals surface area (Å²) in [5.74, 6) is 3.52. The van der Waals surface area contributed by atoms with E-state index in [9.17, 15) is 0 Å². The molecule has 1 fully saturated rings. The Balaban J connectivity index is 1.70. The van der Waals surface area contributed by atoms with E-state index in [0.29, 0.717) is 0 Å². The van der Waals surface area contributed by atoms with Crippen LogP contribution in [0.5, 0.6) is 5.75 Å². The summed E-state index contributed by atoms with van der Waals surface area (Å²) in [7, 11) is 0. The number of ether oxygens (including phenoxy) is 1. The van der Waals surface area contributed by atoms with Gasteiger partial charge in [-0.15, -0.1) is 0 Å². The van der Waals surface area contributed by atoms with E-state index in [2.05, 4.69) is 53.2 Å². The molecule has 0 aliphatic carbocycles. The Morgan fingerprint density at radius 1 is 1.30 bits per heavy atom. The summed E-state index contributed by atoms with van der Waals surface area (Å²) in [6.07, 6.45) is 1.17. The molecule has 0 atom stereocenters. The van der Waals surface area contributed by atoms with Crippen LogP contribution in [0.3, 0.4) is 0 Å². The number of hydrogen-bond donors (Lipinski definition) is 1.